The minimum Gasteiger partial charge on any atom is -0.279 e. The first-order valence-electron chi connectivity index (χ1n) is 9.65. The minimum atomic E-state index is -4.72. The van der Waals surface area contributed by atoms with E-state index in [1.54, 1.807) is 24.3 Å². The Morgan fingerprint density at radius 2 is 1.66 bits per heavy atom. The molecule has 14 heteroatoms. The summed E-state index contributed by atoms with van der Waals surface area (Å²) in [6.45, 7) is -0.174. The number of halogens is 6. The van der Waals surface area contributed by atoms with Crippen LogP contribution in [0.15, 0.2) is 65.6 Å². The zero-order valence-electron chi connectivity index (χ0n) is 17.3. The van der Waals surface area contributed by atoms with E-state index < -0.39 is 26.7 Å². The number of alkyl halides is 3. The van der Waals surface area contributed by atoms with Gasteiger partial charge in [0.05, 0.1) is 32.9 Å². The Morgan fingerprint density at radius 1 is 0.943 bits per heavy atom. The lowest BCUT2D eigenvalue weighted by Crippen LogP contribution is -2.17. The summed E-state index contributed by atoms with van der Waals surface area (Å²) in [6, 6.07) is 13.3. The van der Waals surface area contributed by atoms with Gasteiger partial charge in [0, 0.05) is 5.56 Å². The highest BCUT2D eigenvalue weighted by Crippen LogP contribution is 2.35. The van der Waals surface area contributed by atoms with Crippen molar-refractivity contribution in [3.05, 3.63) is 86.9 Å². The second-order valence-corrected chi connectivity index (χ2v) is 10.0. The molecule has 0 aliphatic heterocycles. The summed E-state index contributed by atoms with van der Waals surface area (Å²) in [5, 5.41) is 11.5. The number of sulfonamides is 1. The average molecular weight is 563 g/mol. The molecule has 1 heterocycles. The SMILES string of the molecule is O=S(=O)(Nc1cc(C(F)(F)F)ccc1Cn1nnnc1-c1ccccc1Cl)c1cccc(Cl)c1Cl. The van der Waals surface area contributed by atoms with Gasteiger partial charge in [-0.3, -0.25) is 4.72 Å². The fourth-order valence-corrected chi connectivity index (χ4v) is 5.26. The average Bonchev–Trinajstić information content (AvgIpc) is 3.24. The zero-order valence-corrected chi connectivity index (χ0v) is 20.3. The van der Waals surface area contributed by atoms with Crippen molar-refractivity contribution in [2.75, 3.05) is 4.72 Å². The molecule has 0 unspecified atom stereocenters. The van der Waals surface area contributed by atoms with Gasteiger partial charge in [-0.1, -0.05) is 59.1 Å². The Kier molecular flexibility index (Phi) is 6.96. The molecule has 182 valence electrons. The summed E-state index contributed by atoms with van der Waals surface area (Å²) >= 11 is 18.2. The molecule has 35 heavy (non-hydrogen) atoms. The van der Waals surface area contributed by atoms with Crippen LogP contribution in [0.3, 0.4) is 0 Å². The van der Waals surface area contributed by atoms with Gasteiger partial charge in [-0.15, -0.1) is 5.10 Å². The van der Waals surface area contributed by atoms with Crippen molar-refractivity contribution < 1.29 is 21.6 Å². The van der Waals surface area contributed by atoms with Crippen molar-refractivity contribution in [1.82, 2.24) is 20.2 Å². The Morgan fingerprint density at radius 3 is 2.37 bits per heavy atom. The Hall–Kier alpha value is -2.86. The van der Waals surface area contributed by atoms with Crippen molar-refractivity contribution >= 4 is 50.5 Å². The van der Waals surface area contributed by atoms with Crippen LogP contribution >= 0.6 is 34.8 Å². The predicted octanol–water partition coefficient (Wildman–Crippen LogP) is 6.17. The number of aromatic nitrogens is 4. The molecule has 0 saturated carbocycles. The van der Waals surface area contributed by atoms with Crippen LogP contribution in [0.1, 0.15) is 11.1 Å². The molecule has 3 aromatic carbocycles. The molecular weight excluding hydrogens is 550 g/mol. The molecule has 7 nitrogen and oxygen atoms in total. The maximum atomic E-state index is 13.4. The third-order valence-corrected chi connectivity index (χ3v) is 7.52. The van der Waals surface area contributed by atoms with Crippen LogP contribution in [0.5, 0.6) is 0 Å². The summed E-state index contributed by atoms with van der Waals surface area (Å²) in [4.78, 5) is -0.394. The van der Waals surface area contributed by atoms with Gasteiger partial charge < -0.3 is 0 Å². The van der Waals surface area contributed by atoms with E-state index in [-0.39, 0.29) is 33.7 Å². The lowest BCUT2D eigenvalue weighted by molar-refractivity contribution is -0.137. The molecule has 0 radical (unpaired) electrons. The molecule has 0 aliphatic rings. The summed E-state index contributed by atoms with van der Waals surface area (Å²) in [7, 11) is -4.41. The maximum absolute atomic E-state index is 13.4. The van der Waals surface area contributed by atoms with Gasteiger partial charge in [-0.25, -0.2) is 13.1 Å². The fraction of sp³-hybridized carbons (Fsp3) is 0.0952. The normalized spacial score (nSPS) is 12.1. The third-order valence-electron chi connectivity index (χ3n) is 4.85. The van der Waals surface area contributed by atoms with Crippen LogP contribution in [-0.4, -0.2) is 28.6 Å². The first-order valence-corrected chi connectivity index (χ1v) is 12.3. The Bertz CT molecular complexity index is 1510. The second-order valence-electron chi connectivity index (χ2n) is 7.17. The van der Waals surface area contributed by atoms with E-state index in [1.807, 2.05) is 0 Å². The second kappa shape index (κ2) is 9.65. The molecular formula is C21H13Cl3F3N5O2S. The lowest BCUT2D eigenvalue weighted by atomic mass is 10.1. The minimum absolute atomic E-state index is 0.0307. The zero-order chi connectivity index (χ0) is 25.4. The quantitative estimate of drug-likeness (QED) is 0.304. The maximum Gasteiger partial charge on any atom is 0.416 e. The Balaban J connectivity index is 1.78. The number of rotatable bonds is 6. The Labute approximate surface area is 212 Å². The number of benzene rings is 3. The lowest BCUT2D eigenvalue weighted by Gasteiger charge is -2.17. The van der Waals surface area contributed by atoms with Gasteiger partial charge in [0.25, 0.3) is 10.0 Å². The third kappa shape index (κ3) is 5.37. The van der Waals surface area contributed by atoms with E-state index in [9.17, 15) is 21.6 Å². The van der Waals surface area contributed by atoms with Crippen LogP contribution in [0.2, 0.25) is 15.1 Å². The van der Waals surface area contributed by atoms with Gasteiger partial charge in [0.15, 0.2) is 5.82 Å². The van der Waals surface area contributed by atoms with Crippen LogP contribution in [-0.2, 0) is 22.7 Å². The molecule has 0 spiro atoms. The number of nitrogens with zero attached hydrogens (tertiary/aromatic N) is 4. The summed E-state index contributed by atoms with van der Waals surface area (Å²) in [6.07, 6.45) is -4.72. The molecule has 1 aromatic heterocycles. The summed E-state index contributed by atoms with van der Waals surface area (Å²) in [5.41, 5.74) is -0.755. The summed E-state index contributed by atoms with van der Waals surface area (Å²) in [5.74, 6) is 0.238. The van der Waals surface area contributed by atoms with Crippen LogP contribution in [0.25, 0.3) is 11.4 Å². The molecule has 0 atom stereocenters. The predicted molar refractivity (Wildman–Crippen MR) is 126 cm³/mol. The molecule has 1 N–H and O–H groups in total. The van der Waals surface area contributed by atoms with Crippen molar-refractivity contribution in [3.63, 3.8) is 0 Å². The van der Waals surface area contributed by atoms with Gasteiger partial charge >= 0.3 is 6.18 Å². The van der Waals surface area contributed by atoms with E-state index in [0.29, 0.717) is 16.7 Å². The molecule has 0 aliphatic carbocycles. The van der Waals surface area contributed by atoms with Crippen LogP contribution < -0.4 is 4.72 Å². The molecule has 0 saturated heterocycles. The van der Waals surface area contributed by atoms with Crippen LogP contribution in [0, 0.1) is 0 Å². The van der Waals surface area contributed by atoms with E-state index in [1.165, 1.54) is 22.9 Å². The summed E-state index contributed by atoms with van der Waals surface area (Å²) < 4.78 is 69.8. The molecule has 0 bridgehead atoms. The number of hydrogen-bond donors (Lipinski definition) is 1. The smallest absolute Gasteiger partial charge is 0.279 e. The molecule has 4 rings (SSSR count). The largest absolute Gasteiger partial charge is 0.416 e. The molecule has 4 aromatic rings. The van der Waals surface area contributed by atoms with Gasteiger partial charge in [0.2, 0.25) is 0 Å². The van der Waals surface area contributed by atoms with Gasteiger partial charge in [-0.2, -0.15) is 13.2 Å². The van der Waals surface area contributed by atoms with E-state index in [4.69, 9.17) is 34.8 Å². The highest BCUT2D eigenvalue weighted by molar-refractivity contribution is 7.92. The monoisotopic (exact) mass is 561 g/mol. The number of hydrogen-bond acceptors (Lipinski definition) is 5. The number of anilines is 1. The topological polar surface area (TPSA) is 89.8 Å². The fourth-order valence-electron chi connectivity index (χ4n) is 3.18. The number of nitrogens with one attached hydrogen (secondary N) is 1. The highest BCUT2D eigenvalue weighted by Gasteiger charge is 2.32. The van der Waals surface area contributed by atoms with E-state index in [0.717, 1.165) is 12.1 Å². The van der Waals surface area contributed by atoms with Crippen molar-refractivity contribution in [2.45, 2.75) is 17.6 Å². The van der Waals surface area contributed by atoms with Crippen molar-refractivity contribution in [1.29, 1.82) is 0 Å². The van der Waals surface area contributed by atoms with E-state index >= 15 is 0 Å². The molecule has 0 fully saturated rings. The van der Waals surface area contributed by atoms with Gasteiger partial charge in [-0.05, 0) is 52.4 Å². The highest BCUT2D eigenvalue weighted by atomic mass is 35.5. The van der Waals surface area contributed by atoms with Gasteiger partial charge in [0.1, 0.15) is 4.90 Å². The first kappa shape index (κ1) is 25.2. The first-order chi connectivity index (χ1) is 16.5. The van der Waals surface area contributed by atoms with Crippen LogP contribution in [0.4, 0.5) is 18.9 Å². The van der Waals surface area contributed by atoms with Crippen molar-refractivity contribution in [2.24, 2.45) is 0 Å². The molecule has 0 amide bonds. The number of tetrazole rings is 1. The van der Waals surface area contributed by atoms with Crippen molar-refractivity contribution in [3.8, 4) is 11.4 Å². The standard InChI is InChI=1S/C21H13Cl3F3N5O2S/c22-15-5-2-1-4-14(15)20-28-30-31-32(20)11-12-8-9-13(21(25,26)27)10-17(12)29-35(33,34)18-7-3-6-16(23)19(18)24/h1-10,29H,11H2. The van der Waals surface area contributed by atoms with E-state index in [2.05, 4.69) is 20.2 Å².